The molecule has 9 heteroatoms. The van der Waals surface area contributed by atoms with Gasteiger partial charge in [0, 0.05) is 12.8 Å². The van der Waals surface area contributed by atoms with Gasteiger partial charge < -0.3 is 20.3 Å². The van der Waals surface area contributed by atoms with E-state index in [1.165, 1.54) is 10.8 Å². The SMILES string of the molecule is CC(C)C(=O)OC[C@@H]1C[C@@H](O)C[C@](C#N)(c2ccc3c(N)ncnn23)O1. The molecule has 0 bridgehead atoms. The van der Waals surface area contributed by atoms with Gasteiger partial charge in [0.05, 0.1) is 23.8 Å². The zero-order valence-electron chi connectivity index (χ0n) is 14.6. The quantitative estimate of drug-likeness (QED) is 0.764. The second kappa shape index (κ2) is 6.90. The summed E-state index contributed by atoms with van der Waals surface area (Å²) in [6, 6.07) is 5.53. The van der Waals surface area contributed by atoms with Crippen LogP contribution < -0.4 is 5.73 Å². The molecule has 138 valence electrons. The molecule has 3 rings (SSSR count). The number of esters is 1. The van der Waals surface area contributed by atoms with Gasteiger partial charge in [-0.1, -0.05) is 13.8 Å². The van der Waals surface area contributed by atoms with Gasteiger partial charge in [-0.05, 0) is 12.1 Å². The van der Waals surface area contributed by atoms with Crippen molar-refractivity contribution in [2.24, 2.45) is 5.92 Å². The van der Waals surface area contributed by atoms with E-state index in [4.69, 9.17) is 15.2 Å². The average Bonchev–Trinajstić information content (AvgIpc) is 3.05. The highest BCUT2D eigenvalue weighted by Gasteiger charge is 2.45. The number of nitriles is 1. The van der Waals surface area contributed by atoms with E-state index in [1.807, 2.05) is 0 Å². The first-order valence-electron chi connectivity index (χ1n) is 8.39. The molecule has 9 nitrogen and oxygen atoms in total. The number of nitrogens with zero attached hydrogens (tertiary/aromatic N) is 4. The summed E-state index contributed by atoms with van der Waals surface area (Å²) in [6.07, 6.45) is 0.253. The van der Waals surface area contributed by atoms with Crippen molar-refractivity contribution in [1.82, 2.24) is 14.6 Å². The Bertz CT molecular complexity index is 858. The van der Waals surface area contributed by atoms with E-state index in [2.05, 4.69) is 16.2 Å². The Kier molecular flexibility index (Phi) is 4.80. The van der Waals surface area contributed by atoms with Gasteiger partial charge in [-0.25, -0.2) is 9.50 Å². The largest absolute Gasteiger partial charge is 0.463 e. The summed E-state index contributed by atoms with van der Waals surface area (Å²) in [5, 5.41) is 24.3. The smallest absolute Gasteiger partial charge is 0.308 e. The predicted molar refractivity (Wildman–Crippen MR) is 90.6 cm³/mol. The second-order valence-electron chi connectivity index (χ2n) is 6.72. The Balaban J connectivity index is 1.91. The van der Waals surface area contributed by atoms with Crippen LogP contribution in [0.25, 0.3) is 5.52 Å². The molecule has 1 fully saturated rings. The third kappa shape index (κ3) is 3.21. The number of aliphatic hydroxyl groups is 1. The number of aromatic nitrogens is 3. The summed E-state index contributed by atoms with van der Waals surface area (Å²) in [7, 11) is 0. The number of carbonyl (C=O) groups excluding carboxylic acids is 1. The Morgan fingerprint density at radius 2 is 2.38 bits per heavy atom. The molecule has 1 aliphatic heterocycles. The monoisotopic (exact) mass is 359 g/mol. The Hall–Kier alpha value is -2.70. The van der Waals surface area contributed by atoms with Crippen molar-refractivity contribution in [3.05, 3.63) is 24.2 Å². The third-order valence-corrected chi connectivity index (χ3v) is 4.38. The van der Waals surface area contributed by atoms with Crippen molar-refractivity contribution < 1.29 is 19.4 Å². The van der Waals surface area contributed by atoms with Crippen LogP contribution in [0.15, 0.2) is 18.5 Å². The molecule has 26 heavy (non-hydrogen) atoms. The lowest BCUT2D eigenvalue weighted by Gasteiger charge is -2.38. The van der Waals surface area contributed by atoms with Gasteiger partial charge >= 0.3 is 5.97 Å². The van der Waals surface area contributed by atoms with E-state index < -0.39 is 17.8 Å². The maximum atomic E-state index is 11.7. The lowest BCUT2D eigenvalue weighted by molar-refractivity contribution is -0.174. The average molecular weight is 359 g/mol. The predicted octanol–water partition coefficient (Wildman–Crippen LogP) is 0.769. The number of carbonyl (C=O) groups is 1. The number of hydrogen-bond acceptors (Lipinski definition) is 8. The van der Waals surface area contributed by atoms with Crippen LogP contribution in [-0.4, -0.2) is 44.5 Å². The lowest BCUT2D eigenvalue weighted by atomic mass is 9.88. The highest BCUT2D eigenvalue weighted by atomic mass is 16.6. The number of aliphatic hydroxyl groups excluding tert-OH is 1. The van der Waals surface area contributed by atoms with Crippen LogP contribution in [0.5, 0.6) is 0 Å². The van der Waals surface area contributed by atoms with Gasteiger partial charge in [-0.3, -0.25) is 4.79 Å². The van der Waals surface area contributed by atoms with Crippen molar-refractivity contribution in [2.75, 3.05) is 12.3 Å². The summed E-state index contributed by atoms with van der Waals surface area (Å²) in [5.74, 6) is -0.346. The van der Waals surface area contributed by atoms with E-state index in [0.717, 1.165) is 0 Å². The Labute approximate surface area is 150 Å². The molecule has 3 atom stereocenters. The zero-order valence-corrected chi connectivity index (χ0v) is 14.6. The summed E-state index contributed by atoms with van der Waals surface area (Å²) in [4.78, 5) is 15.6. The van der Waals surface area contributed by atoms with E-state index in [0.29, 0.717) is 11.2 Å². The van der Waals surface area contributed by atoms with Crippen LogP contribution in [0.4, 0.5) is 5.82 Å². The molecule has 3 heterocycles. The van der Waals surface area contributed by atoms with E-state index in [-0.39, 0.29) is 37.2 Å². The summed E-state index contributed by atoms with van der Waals surface area (Å²) in [5.41, 5.74) is 5.41. The minimum absolute atomic E-state index is 0.0298. The fraction of sp³-hybridized carbons (Fsp3) is 0.529. The van der Waals surface area contributed by atoms with Crippen LogP contribution in [-0.2, 0) is 19.9 Å². The van der Waals surface area contributed by atoms with Crippen LogP contribution >= 0.6 is 0 Å². The number of anilines is 1. The number of fused-ring (bicyclic) bond motifs is 1. The zero-order chi connectivity index (χ0) is 18.9. The number of ether oxygens (including phenoxy) is 2. The van der Waals surface area contributed by atoms with Crippen molar-refractivity contribution >= 4 is 17.3 Å². The van der Waals surface area contributed by atoms with E-state index in [1.54, 1.807) is 26.0 Å². The fourth-order valence-corrected chi connectivity index (χ4v) is 3.10. The molecule has 0 spiro atoms. The highest BCUT2D eigenvalue weighted by molar-refractivity contribution is 5.71. The Morgan fingerprint density at radius 3 is 3.08 bits per heavy atom. The number of hydrogen-bond donors (Lipinski definition) is 2. The third-order valence-electron chi connectivity index (χ3n) is 4.38. The standard InChI is InChI=1S/C17H21N5O4/c1-10(2)16(24)25-7-12-5-11(23)6-17(8-18,26-12)14-4-3-13-15(19)20-9-21-22(13)14/h3-4,9-12,23H,5-7H2,1-2H3,(H2,19,20,21)/t11-,12+,17+/m1/s1. The molecule has 0 amide bonds. The first-order chi connectivity index (χ1) is 12.4. The molecular formula is C17H21N5O4. The summed E-state index contributed by atoms with van der Waals surface area (Å²) >= 11 is 0. The summed E-state index contributed by atoms with van der Waals surface area (Å²) in [6.45, 7) is 3.43. The lowest BCUT2D eigenvalue weighted by Crippen LogP contribution is -2.46. The van der Waals surface area contributed by atoms with Gasteiger partial charge in [0.1, 0.15) is 24.5 Å². The second-order valence-corrected chi connectivity index (χ2v) is 6.72. The molecule has 3 N–H and O–H groups in total. The number of rotatable bonds is 4. The van der Waals surface area contributed by atoms with Crippen molar-refractivity contribution in [3.63, 3.8) is 0 Å². The first kappa shape index (κ1) is 18.1. The van der Waals surface area contributed by atoms with E-state index in [9.17, 15) is 15.2 Å². The first-order valence-corrected chi connectivity index (χ1v) is 8.39. The molecule has 0 unspecified atom stereocenters. The minimum Gasteiger partial charge on any atom is -0.463 e. The molecule has 0 aliphatic carbocycles. The van der Waals surface area contributed by atoms with Crippen LogP contribution in [0.2, 0.25) is 0 Å². The van der Waals surface area contributed by atoms with Gasteiger partial charge in [-0.15, -0.1) is 0 Å². The fourth-order valence-electron chi connectivity index (χ4n) is 3.10. The van der Waals surface area contributed by atoms with Crippen LogP contribution in [0.3, 0.4) is 0 Å². The van der Waals surface area contributed by atoms with Crippen LogP contribution in [0, 0.1) is 17.2 Å². The number of nitrogen functional groups attached to an aromatic ring is 1. The van der Waals surface area contributed by atoms with Crippen molar-refractivity contribution in [2.45, 2.75) is 44.5 Å². The molecular weight excluding hydrogens is 338 g/mol. The topological polar surface area (TPSA) is 136 Å². The maximum absolute atomic E-state index is 11.7. The Morgan fingerprint density at radius 1 is 1.62 bits per heavy atom. The van der Waals surface area contributed by atoms with Gasteiger partial charge in [0.15, 0.2) is 11.4 Å². The van der Waals surface area contributed by atoms with Crippen molar-refractivity contribution in [1.29, 1.82) is 5.26 Å². The van der Waals surface area contributed by atoms with Gasteiger partial charge in [0.2, 0.25) is 0 Å². The summed E-state index contributed by atoms with van der Waals surface area (Å²) < 4.78 is 12.7. The van der Waals surface area contributed by atoms with E-state index >= 15 is 0 Å². The highest BCUT2D eigenvalue weighted by Crippen LogP contribution is 2.38. The minimum atomic E-state index is -1.43. The van der Waals surface area contributed by atoms with Gasteiger partial charge in [-0.2, -0.15) is 10.4 Å². The molecule has 2 aromatic rings. The molecule has 0 aromatic carbocycles. The van der Waals surface area contributed by atoms with Gasteiger partial charge in [0.25, 0.3) is 0 Å². The van der Waals surface area contributed by atoms with Crippen molar-refractivity contribution in [3.8, 4) is 6.07 Å². The number of nitrogens with two attached hydrogens (primary N) is 1. The van der Waals surface area contributed by atoms with Crippen LogP contribution in [0.1, 0.15) is 32.4 Å². The normalized spacial score (nSPS) is 26.0. The molecule has 1 aliphatic rings. The molecule has 0 saturated carbocycles. The molecule has 0 radical (unpaired) electrons. The molecule has 1 saturated heterocycles. The molecule has 2 aromatic heterocycles. The maximum Gasteiger partial charge on any atom is 0.308 e.